The maximum atomic E-state index is 8.14. The van der Waals surface area contributed by atoms with Gasteiger partial charge in [-0.25, -0.2) is 0 Å². The van der Waals surface area contributed by atoms with Crippen molar-refractivity contribution in [1.29, 1.82) is 5.41 Å². The first-order valence-corrected chi connectivity index (χ1v) is 6.26. The van der Waals surface area contributed by atoms with Crippen LogP contribution in [0.5, 0.6) is 0 Å². The summed E-state index contributed by atoms with van der Waals surface area (Å²) in [4.78, 5) is 2.20. The van der Waals surface area contributed by atoms with E-state index in [4.69, 9.17) is 5.41 Å². The van der Waals surface area contributed by atoms with Crippen LogP contribution in [0.25, 0.3) is 0 Å². The zero-order chi connectivity index (χ0) is 11.4. The standard InChI is InChI=1S/C14H20N2/c1-2-7-14(15)16-11-6-5-9-12-8-3-4-10-13(12)16/h3-4,8,10,15H,2,5-7,9,11H2,1H3. The molecule has 1 aliphatic rings. The highest BCUT2D eigenvalue weighted by molar-refractivity contribution is 5.96. The minimum Gasteiger partial charge on any atom is -0.330 e. The number of nitrogens with one attached hydrogen (secondary N) is 1. The van der Waals surface area contributed by atoms with Crippen LogP contribution in [0.3, 0.4) is 0 Å². The SMILES string of the molecule is CCCC(=N)N1CCCCc2ccccc21. The molecule has 0 saturated heterocycles. The Balaban J connectivity index is 2.28. The molecular formula is C14H20N2. The Labute approximate surface area is 97.8 Å². The number of hydrogen-bond acceptors (Lipinski definition) is 1. The highest BCUT2D eigenvalue weighted by atomic mass is 15.2. The van der Waals surface area contributed by atoms with E-state index in [0.29, 0.717) is 0 Å². The lowest BCUT2D eigenvalue weighted by molar-refractivity contribution is 0.760. The summed E-state index contributed by atoms with van der Waals surface area (Å²) in [6, 6.07) is 8.54. The lowest BCUT2D eigenvalue weighted by Gasteiger charge is -2.25. The van der Waals surface area contributed by atoms with Gasteiger partial charge in [0.25, 0.3) is 0 Å². The van der Waals surface area contributed by atoms with Crippen molar-refractivity contribution < 1.29 is 0 Å². The van der Waals surface area contributed by atoms with Crippen molar-refractivity contribution in [2.75, 3.05) is 11.4 Å². The number of nitrogens with zero attached hydrogens (tertiary/aromatic N) is 1. The number of hydrogen-bond donors (Lipinski definition) is 1. The molecule has 2 nitrogen and oxygen atoms in total. The summed E-state index contributed by atoms with van der Waals surface area (Å²) in [6.45, 7) is 3.15. The third kappa shape index (κ3) is 2.26. The fraction of sp³-hybridized carbons (Fsp3) is 0.500. The van der Waals surface area contributed by atoms with Crippen molar-refractivity contribution in [3.8, 4) is 0 Å². The normalized spacial score (nSPS) is 15.4. The van der Waals surface area contributed by atoms with E-state index in [1.54, 1.807) is 0 Å². The zero-order valence-electron chi connectivity index (χ0n) is 10.00. The van der Waals surface area contributed by atoms with Gasteiger partial charge in [-0.15, -0.1) is 0 Å². The van der Waals surface area contributed by atoms with Crippen LogP contribution in [0.2, 0.25) is 0 Å². The van der Waals surface area contributed by atoms with Gasteiger partial charge in [0.15, 0.2) is 0 Å². The van der Waals surface area contributed by atoms with Crippen LogP contribution in [0.15, 0.2) is 24.3 Å². The third-order valence-corrected chi connectivity index (χ3v) is 3.17. The molecule has 0 fully saturated rings. The summed E-state index contributed by atoms with van der Waals surface area (Å²) < 4.78 is 0. The molecule has 0 aromatic heterocycles. The van der Waals surface area contributed by atoms with E-state index in [1.807, 2.05) is 0 Å². The van der Waals surface area contributed by atoms with Gasteiger partial charge in [0.2, 0.25) is 0 Å². The highest BCUT2D eigenvalue weighted by Gasteiger charge is 2.17. The average molecular weight is 216 g/mol. The molecule has 0 radical (unpaired) electrons. The highest BCUT2D eigenvalue weighted by Crippen LogP contribution is 2.26. The van der Waals surface area contributed by atoms with E-state index in [1.165, 1.54) is 24.1 Å². The van der Waals surface area contributed by atoms with Gasteiger partial charge < -0.3 is 4.90 Å². The minimum atomic E-state index is 0.775. The predicted octanol–water partition coefficient (Wildman–Crippen LogP) is 3.61. The molecule has 0 atom stereocenters. The molecule has 86 valence electrons. The van der Waals surface area contributed by atoms with Crippen LogP contribution in [-0.2, 0) is 6.42 Å². The van der Waals surface area contributed by atoms with Crippen molar-refractivity contribution in [3.05, 3.63) is 29.8 Å². The summed E-state index contributed by atoms with van der Waals surface area (Å²) in [5.74, 6) is 0.775. The second-order valence-electron chi connectivity index (χ2n) is 4.43. The summed E-state index contributed by atoms with van der Waals surface area (Å²) in [5, 5.41) is 8.14. The molecule has 1 aliphatic heterocycles. The molecule has 0 amide bonds. The monoisotopic (exact) mass is 216 g/mol. The minimum absolute atomic E-state index is 0.775. The molecule has 0 spiro atoms. The molecule has 1 N–H and O–H groups in total. The van der Waals surface area contributed by atoms with Gasteiger partial charge in [0, 0.05) is 18.7 Å². The Bertz CT molecular complexity index is 371. The zero-order valence-corrected chi connectivity index (χ0v) is 10.00. The Morgan fingerprint density at radius 2 is 2.12 bits per heavy atom. The number of aryl methyl sites for hydroxylation is 1. The Hall–Kier alpha value is -1.31. The van der Waals surface area contributed by atoms with Crippen LogP contribution in [0.1, 0.15) is 38.2 Å². The van der Waals surface area contributed by atoms with Crippen LogP contribution in [0, 0.1) is 5.41 Å². The van der Waals surface area contributed by atoms with E-state index in [2.05, 4.69) is 36.1 Å². The van der Waals surface area contributed by atoms with Crippen LogP contribution in [0.4, 0.5) is 5.69 Å². The van der Waals surface area contributed by atoms with Crippen molar-refractivity contribution in [2.45, 2.75) is 39.0 Å². The van der Waals surface area contributed by atoms with Gasteiger partial charge in [0.05, 0.1) is 0 Å². The Kier molecular flexibility index (Phi) is 3.60. The van der Waals surface area contributed by atoms with Crippen LogP contribution in [-0.4, -0.2) is 12.4 Å². The lowest BCUT2D eigenvalue weighted by atomic mass is 10.1. The Morgan fingerprint density at radius 1 is 1.31 bits per heavy atom. The van der Waals surface area contributed by atoms with Crippen molar-refractivity contribution >= 4 is 11.5 Å². The molecule has 0 saturated carbocycles. The van der Waals surface area contributed by atoms with E-state index in [-0.39, 0.29) is 0 Å². The van der Waals surface area contributed by atoms with E-state index >= 15 is 0 Å². The van der Waals surface area contributed by atoms with Gasteiger partial charge in [-0.1, -0.05) is 25.1 Å². The molecule has 1 aromatic carbocycles. The summed E-state index contributed by atoms with van der Waals surface area (Å²) in [7, 11) is 0. The summed E-state index contributed by atoms with van der Waals surface area (Å²) in [6.07, 6.45) is 5.53. The molecule has 0 bridgehead atoms. The summed E-state index contributed by atoms with van der Waals surface area (Å²) >= 11 is 0. The van der Waals surface area contributed by atoms with Crippen molar-refractivity contribution in [1.82, 2.24) is 0 Å². The fourth-order valence-electron chi connectivity index (χ4n) is 2.34. The lowest BCUT2D eigenvalue weighted by Crippen LogP contribution is -2.30. The number of anilines is 1. The maximum Gasteiger partial charge on any atom is 0.100 e. The van der Waals surface area contributed by atoms with Gasteiger partial charge >= 0.3 is 0 Å². The Morgan fingerprint density at radius 3 is 2.94 bits per heavy atom. The molecule has 2 rings (SSSR count). The van der Waals surface area contributed by atoms with Gasteiger partial charge in [-0.3, -0.25) is 5.41 Å². The van der Waals surface area contributed by atoms with Crippen molar-refractivity contribution in [2.24, 2.45) is 0 Å². The molecule has 1 heterocycles. The molecule has 0 aliphatic carbocycles. The predicted molar refractivity (Wildman–Crippen MR) is 69.4 cm³/mol. The second-order valence-corrected chi connectivity index (χ2v) is 4.43. The number of para-hydroxylation sites is 1. The number of benzene rings is 1. The largest absolute Gasteiger partial charge is 0.330 e. The third-order valence-electron chi connectivity index (χ3n) is 3.17. The average Bonchev–Trinajstić information content (AvgIpc) is 2.51. The van der Waals surface area contributed by atoms with Crippen LogP contribution < -0.4 is 4.90 Å². The van der Waals surface area contributed by atoms with Crippen molar-refractivity contribution in [3.63, 3.8) is 0 Å². The van der Waals surface area contributed by atoms with E-state index in [0.717, 1.165) is 31.6 Å². The first kappa shape index (κ1) is 11.2. The second kappa shape index (κ2) is 5.15. The quantitative estimate of drug-likeness (QED) is 0.593. The number of fused-ring (bicyclic) bond motifs is 1. The topological polar surface area (TPSA) is 27.1 Å². The first-order chi connectivity index (χ1) is 7.83. The molecule has 16 heavy (non-hydrogen) atoms. The van der Waals surface area contributed by atoms with Gasteiger partial charge in [0.1, 0.15) is 5.84 Å². The fourth-order valence-corrected chi connectivity index (χ4v) is 2.34. The molecule has 2 heteroatoms. The van der Waals surface area contributed by atoms with E-state index in [9.17, 15) is 0 Å². The maximum absolute atomic E-state index is 8.14. The van der Waals surface area contributed by atoms with Crippen LogP contribution >= 0.6 is 0 Å². The first-order valence-electron chi connectivity index (χ1n) is 6.26. The smallest absolute Gasteiger partial charge is 0.100 e. The molecule has 1 aromatic rings. The molecular weight excluding hydrogens is 196 g/mol. The summed E-state index contributed by atoms with van der Waals surface area (Å²) in [5.41, 5.74) is 2.67. The van der Waals surface area contributed by atoms with Gasteiger partial charge in [-0.2, -0.15) is 0 Å². The van der Waals surface area contributed by atoms with E-state index < -0.39 is 0 Å². The molecule has 0 unspecified atom stereocenters. The van der Waals surface area contributed by atoms with Gasteiger partial charge in [-0.05, 0) is 37.3 Å². The number of rotatable bonds is 2. The number of amidine groups is 1.